The average Bonchev–Trinajstić information content (AvgIpc) is 2.47. The third-order valence-corrected chi connectivity index (χ3v) is 2.56. The summed E-state index contributed by atoms with van der Waals surface area (Å²) >= 11 is 0. The minimum absolute atomic E-state index is 0.191. The molecule has 20 heavy (non-hydrogen) atoms. The van der Waals surface area contributed by atoms with Crippen LogP contribution in [0.15, 0.2) is 55.8 Å². The molecule has 0 aromatic heterocycles. The highest BCUT2D eigenvalue weighted by Crippen LogP contribution is 2.13. The minimum Gasteiger partial charge on any atom is -0.497 e. The van der Waals surface area contributed by atoms with Crippen molar-refractivity contribution in [1.29, 1.82) is 0 Å². The summed E-state index contributed by atoms with van der Waals surface area (Å²) in [5.41, 5.74) is 0.948. The maximum atomic E-state index is 11.9. The van der Waals surface area contributed by atoms with Crippen molar-refractivity contribution in [2.24, 2.45) is 0 Å². The van der Waals surface area contributed by atoms with Gasteiger partial charge in [0.05, 0.1) is 7.11 Å². The van der Waals surface area contributed by atoms with Crippen molar-refractivity contribution in [1.82, 2.24) is 10.2 Å². The number of carbonyl (C=O) groups is 1. The lowest BCUT2D eigenvalue weighted by atomic mass is 10.2. The Labute approximate surface area is 120 Å². The number of ether oxygens (including phenoxy) is 1. The summed E-state index contributed by atoms with van der Waals surface area (Å²) in [6, 6.07) is 7.38. The Morgan fingerprint density at radius 3 is 2.65 bits per heavy atom. The van der Waals surface area contributed by atoms with Crippen molar-refractivity contribution in [3.05, 3.63) is 61.3 Å². The van der Waals surface area contributed by atoms with E-state index in [0.717, 1.165) is 11.3 Å². The average molecular weight is 272 g/mol. The molecule has 106 valence electrons. The molecule has 0 spiro atoms. The Morgan fingerprint density at radius 1 is 1.35 bits per heavy atom. The van der Waals surface area contributed by atoms with Crippen LogP contribution in [0.25, 0.3) is 6.08 Å². The van der Waals surface area contributed by atoms with Gasteiger partial charge in [0, 0.05) is 19.3 Å². The topological polar surface area (TPSA) is 41.6 Å². The normalized spacial score (nSPS) is 10.1. The summed E-state index contributed by atoms with van der Waals surface area (Å²) in [4.78, 5) is 13.5. The van der Waals surface area contributed by atoms with E-state index in [2.05, 4.69) is 18.5 Å². The fraction of sp³-hybridized carbons (Fsp3) is 0.188. The van der Waals surface area contributed by atoms with Gasteiger partial charge < -0.3 is 15.0 Å². The molecule has 2 amide bonds. The number of urea groups is 1. The molecule has 0 aliphatic heterocycles. The predicted molar refractivity (Wildman–Crippen MR) is 82.5 cm³/mol. The van der Waals surface area contributed by atoms with E-state index >= 15 is 0 Å². The molecule has 0 aliphatic rings. The van der Waals surface area contributed by atoms with Crippen LogP contribution < -0.4 is 10.1 Å². The first-order chi connectivity index (χ1) is 9.71. The van der Waals surface area contributed by atoms with Gasteiger partial charge in [-0.3, -0.25) is 0 Å². The van der Waals surface area contributed by atoms with Crippen LogP contribution in [0.3, 0.4) is 0 Å². The number of rotatable bonds is 7. The van der Waals surface area contributed by atoms with E-state index in [1.165, 1.54) is 0 Å². The van der Waals surface area contributed by atoms with Gasteiger partial charge in [0.15, 0.2) is 0 Å². The standard InChI is InChI=1S/C16H20N2O2/c1-4-11-18(12-5-2)16(19)17-10-9-14-7-6-8-15(13-14)20-3/h4-10,13H,1-2,11-12H2,3H3,(H,17,19)/b10-9+. The summed E-state index contributed by atoms with van der Waals surface area (Å²) in [7, 11) is 1.62. The van der Waals surface area contributed by atoms with Gasteiger partial charge in [-0.2, -0.15) is 0 Å². The van der Waals surface area contributed by atoms with E-state index in [1.54, 1.807) is 36.4 Å². The van der Waals surface area contributed by atoms with Crippen molar-refractivity contribution in [2.45, 2.75) is 0 Å². The Hall–Kier alpha value is -2.49. The zero-order valence-corrected chi connectivity index (χ0v) is 11.7. The van der Waals surface area contributed by atoms with Crippen LogP contribution in [0.4, 0.5) is 4.79 Å². The quantitative estimate of drug-likeness (QED) is 0.775. The van der Waals surface area contributed by atoms with E-state index in [4.69, 9.17) is 4.74 Å². The molecule has 0 radical (unpaired) electrons. The van der Waals surface area contributed by atoms with E-state index in [9.17, 15) is 4.79 Å². The maximum Gasteiger partial charge on any atom is 0.321 e. The molecule has 0 saturated carbocycles. The number of nitrogens with zero attached hydrogens (tertiary/aromatic N) is 1. The van der Waals surface area contributed by atoms with E-state index in [1.807, 2.05) is 24.3 Å². The van der Waals surface area contributed by atoms with Crippen LogP contribution >= 0.6 is 0 Å². The fourth-order valence-electron chi connectivity index (χ4n) is 1.60. The number of benzene rings is 1. The van der Waals surface area contributed by atoms with Gasteiger partial charge in [0.25, 0.3) is 0 Å². The molecule has 1 N–H and O–H groups in total. The zero-order chi connectivity index (χ0) is 14.8. The molecule has 0 fully saturated rings. The largest absolute Gasteiger partial charge is 0.497 e. The number of carbonyl (C=O) groups excluding carboxylic acids is 1. The highest BCUT2D eigenvalue weighted by molar-refractivity contribution is 5.76. The third-order valence-electron chi connectivity index (χ3n) is 2.56. The Morgan fingerprint density at radius 2 is 2.05 bits per heavy atom. The van der Waals surface area contributed by atoms with Crippen molar-refractivity contribution < 1.29 is 9.53 Å². The fourth-order valence-corrected chi connectivity index (χ4v) is 1.60. The highest BCUT2D eigenvalue weighted by Gasteiger charge is 2.07. The monoisotopic (exact) mass is 272 g/mol. The summed E-state index contributed by atoms with van der Waals surface area (Å²) in [5.74, 6) is 0.776. The van der Waals surface area contributed by atoms with Crippen molar-refractivity contribution >= 4 is 12.1 Å². The highest BCUT2D eigenvalue weighted by atomic mass is 16.5. The SMILES string of the molecule is C=CCN(CC=C)C(=O)N/C=C/c1cccc(OC)c1. The first kappa shape index (κ1) is 15.6. The second-order valence-corrected chi connectivity index (χ2v) is 4.04. The van der Waals surface area contributed by atoms with Gasteiger partial charge in [0.2, 0.25) is 0 Å². The molecule has 0 saturated heterocycles. The molecule has 4 nitrogen and oxygen atoms in total. The molecule has 1 aromatic carbocycles. The first-order valence-electron chi connectivity index (χ1n) is 6.29. The Kier molecular flexibility index (Phi) is 6.68. The molecule has 1 aromatic rings. The van der Waals surface area contributed by atoms with Crippen molar-refractivity contribution in [3.63, 3.8) is 0 Å². The second-order valence-electron chi connectivity index (χ2n) is 4.04. The van der Waals surface area contributed by atoms with Gasteiger partial charge >= 0.3 is 6.03 Å². The Bertz CT molecular complexity index is 485. The summed E-state index contributed by atoms with van der Waals surface area (Å²) in [5, 5.41) is 2.71. The molecule has 0 unspecified atom stereocenters. The van der Waals surface area contributed by atoms with Gasteiger partial charge in [-0.15, -0.1) is 13.2 Å². The number of hydrogen-bond donors (Lipinski definition) is 1. The van der Waals surface area contributed by atoms with Crippen LogP contribution in [-0.4, -0.2) is 31.1 Å². The summed E-state index contributed by atoms with van der Waals surface area (Å²) in [6.45, 7) is 8.20. The van der Waals surface area contributed by atoms with Crippen LogP contribution in [-0.2, 0) is 0 Å². The van der Waals surface area contributed by atoms with Crippen LogP contribution in [0, 0.1) is 0 Å². The molecule has 0 atom stereocenters. The summed E-state index contributed by atoms with van der Waals surface area (Å²) in [6.07, 6.45) is 6.76. The van der Waals surface area contributed by atoms with E-state index < -0.39 is 0 Å². The smallest absolute Gasteiger partial charge is 0.321 e. The van der Waals surface area contributed by atoms with Gasteiger partial charge in [-0.25, -0.2) is 4.79 Å². The number of amides is 2. The lowest BCUT2D eigenvalue weighted by Gasteiger charge is -2.18. The molecular formula is C16H20N2O2. The summed E-state index contributed by atoms with van der Waals surface area (Å²) < 4.78 is 5.13. The van der Waals surface area contributed by atoms with Crippen LogP contribution in [0.5, 0.6) is 5.75 Å². The number of hydrogen-bond acceptors (Lipinski definition) is 2. The molecule has 0 heterocycles. The number of methoxy groups -OCH3 is 1. The molecule has 0 bridgehead atoms. The van der Waals surface area contributed by atoms with Crippen molar-refractivity contribution in [2.75, 3.05) is 20.2 Å². The van der Waals surface area contributed by atoms with Crippen LogP contribution in [0.1, 0.15) is 5.56 Å². The molecule has 1 rings (SSSR count). The molecule has 0 aliphatic carbocycles. The van der Waals surface area contributed by atoms with Gasteiger partial charge in [-0.1, -0.05) is 24.3 Å². The minimum atomic E-state index is -0.191. The van der Waals surface area contributed by atoms with Gasteiger partial charge in [-0.05, 0) is 23.8 Å². The lowest BCUT2D eigenvalue weighted by molar-refractivity contribution is 0.212. The predicted octanol–water partition coefficient (Wildman–Crippen LogP) is 3.05. The van der Waals surface area contributed by atoms with Gasteiger partial charge in [0.1, 0.15) is 5.75 Å². The Balaban J connectivity index is 2.59. The third kappa shape index (κ3) is 5.02. The second kappa shape index (κ2) is 8.58. The van der Waals surface area contributed by atoms with E-state index in [-0.39, 0.29) is 6.03 Å². The first-order valence-corrected chi connectivity index (χ1v) is 6.29. The maximum absolute atomic E-state index is 11.9. The van der Waals surface area contributed by atoms with Crippen molar-refractivity contribution in [3.8, 4) is 5.75 Å². The number of nitrogens with one attached hydrogen (secondary N) is 1. The molecule has 4 heteroatoms. The zero-order valence-electron chi connectivity index (χ0n) is 11.7. The lowest BCUT2D eigenvalue weighted by Crippen LogP contribution is -2.37. The van der Waals surface area contributed by atoms with Crippen LogP contribution in [0.2, 0.25) is 0 Å². The molecular weight excluding hydrogens is 252 g/mol. The van der Waals surface area contributed by atoms with E-state index in [0.29, 0.717) is 13.1 Å².